The van der Waals surface area contributed by atoms with E-state index in [1.165, 1.54) is 12.1 Å². The molecule has 1 aromatic heterocycles. The number of fused-ring (bicyclic) bond motifs is 1. The van der Waals surface area contributed by atoms with Crippen molar-refractivity contribution in [3.63, 3.8) is 0 Å². The highest BCUT2D eigenvalue weighted by Crippen LogP contribution is 2.33. The minimum Gasteiger partial charge on any atom is -0.497 e. The lowest BCUT2D eigenvalue weighted by molar-refractivity contribution is -0.137. The van der Waals surface area contributed by atoms with Crippen molar-refractivity contribution in [1.29, 1.82) is 0 Å². The van der Waals surface area contributed by atoms with Crippen molar-refractivity contribution in [1.82, 2.24) is 9.88 Å². The summed E-state index contributed by atoms with van der Waals surface area (Å²) in [4.78, 5) is 6.54. The van der Waals surface area contributed by atoms with E-state index in [1.54, 1.807) is 13.3 Å². The van der Waals surface area contributed by atoms with Gasteiger partial charge in [0.25, 0.3) is 0 Å². The number of rotatable bonds is 7. The maximum atomic E-state index is 12.7. The molecule has 196 valence electrons. The highest BCUT2D eigenvalue weighted by atomic mass is 19.4. The van der Waals surface area contributed by atoms with Crippen LogP contribution in [0, 0.1) is 23.7 Å². The molecule has 2 aromatic carbocycles. The van der Waals surface area contributed by atoms with Gasteiger partial charge in [-0.3, -0.25) is 9.88 Å². The summed E-state index contributed by atoms with van der Waals surface area (Å²) in [6.45, 7) is 2.04. The third kappa shape index (κ3) is 6.80. The number of hydrogen-bond acceptors (Lipinski definition) is 5. The van der Waals surface area contributed by atoms with Crippen molar-refractivity contribution < 1.29 is 28.1 Å². The number of nitrogens with zero attached hydrogens (tertiary/aromatic N) is 2. The molecule has 2 heterocycles. The molecule has 37 heavy (non-hydrogen) atoms. The van der Waals surface area contributed by atoms with Crippen LogP contribution >= 0.6 is 0 Å². The van der Waals surface area contributed by atoms with Crippen LogP contribution in [-0.4, -0.2) is 53.4 Å². The lowest BCUT2D eigenvalue weighted by atomic mass is 9.81. The summed E-state index contributed by atoms with van der Waals surface area (Å²) in [7, 11) is 1.61. The summed E-state index contributed by atoms with van der Waals surface area (Å²) in [5, 5.41) is 21.9. The summed E-state index contributed by atoms with van der Waals surface area (Å²) in [5.41, 5.74) is 1.47. The standard InChI is InChI=1S/C29H31F3N2O3/c1-37-24-9-10-27-26(17-24)25(12-14-33-27)28(36)11-6-21-13-16-34(18-22(21)19-35)15-2-3-20-4-7-23(8-5-20)29(30,31)32/h4-5,7-10,12,14,17,21-22,28,35-36H,6,11,13,15-16,18-19H2,1H3/t21-,22-,28?/m1/s1. The van der Waals surface area contributed by atoms with Crippen molar-refractivity contribution in [2.45, 2.75) is 31.5 Å². The maximum Gasteiger partial charge on any atom is 0.416 e. The van der Waals surface area contributed by atoms with Gasteiger partial charge in [-0.15, -0.1) is 0 Å². The fraction of sp³-hybridized carbons (Fsp3) is 0.414. The molecule has 2 N–H and O–H groups in total. The highest BCUT2D eigenvalue weighted by Gasteiger charge is 2.30. The minimum atomic E-state index is -4.36. The van der Waals surface area contributed by atoms with E-state index in [0.717, 1.165) is 48.0 Å². The van der Waals surface area contributed by atoms with Crippen LogP contribution in [-0.2, 0) is 6.18 Å². The van der Waals surface area contributed by atoms with Gasteiger partial charge in [-0.2, -0.15) is 13.2 Å². The number of methoxy groups -OCH3 is 1. The molecule has 1 saturated heterocycles. The molecule has 1 aliphatic heterocycles. The fourth-order valence-corrected chi connectivity index (χ4v) is 4.97. The van der Waals surface area contributed by atoms with Gasteiger partial charge in [0.15, 0.2) is 0 Å². The molecule has 5 nitrogen and oxygen atoms in total. The molecule has 1 fully saturated rings. The number of aliphatic hydroxyl groups is 2. The fourth-order valence-electron chi connectivity index (χ4n) is 4.97. The highest BCUT2D eigenvalue weighted by molar-refractivity contribution is 5.83. The first-order valence-electron chi connectivity index (χ1n) is 12.4. The number of halogens is 3. The Morgan fingerprint density at radius 3 is 2.62 bits per heavy atom. The number of hydrogen-bond donors (Lipinski definition) is 2. The van der Waals surface area contributed by atoms with Crippen LogP contribution in [0.5, 0.6) is 5.75 Å². The lowest BCUT2D eigenvalue weighted by Crippen LogP contribution is -2.42. The Morgan fingerprint density at radius 2 is 1.92 bits per heavy atom. The van der Waals surface area contributed by atoms with E-state index in [4.69, 9.17) is 4.74 Å². The van der Waals surface area contributed by atoms with Crippen molar-refractivity contribution in [3.8, 4) is 17.6 Å². The number of benzene rings is 2. The number of aromatic nitrogens is 1. The van der Waals surface area contributed by atoms with Gasteiger partial charge in [-0.1, -0.05) is 11.8 Å². The zero-order valence-corrected chi connectivity index (χ0v) is 20.7. The largest absolute Gasteiger partial charge is 0.497 e. The van der Waals surface area contributed by atoms with Crippen molar-refractivity contribution >= 4 is 10.9 Å². The van der Waals surface area contributed by atoms with Crippen LogP contribution in [0.2, 0.25) is 0 Å². The Balaban J connectivity index is 1.32. The van der Waals surface area contributed by atoms with Gasteiger partial charge < -0.3 is 14.9 Å². The summed E-state index contributed by atoms with van der Waals surface area (Å²) in [6, 6.07) is 12.3. The minimum absolute atomic E-state index is 0.0545. The molecule has 1 unspecified atom stereocenters. The van der Waals surface area contributed by atoms with Gasteiger partial charge >= 0.3 is 6.18 Å². The average Bonchev–Trinajstić information content (AvgIpc) is 2.91. The van der Waals surface area contributed by atoms with E-state index in [9.17, 15) is 23.4 Å². The molecule has 4 rings (SSSR count). The summed E-state index contributed by atoms with van der Waals surface area (Å²) < 4.78 is 43.5. The van der Waals surface area contributed by atoms with E-state index >= 15 is 0 Å². The molecule has 0 bridgehead atoms. The van der Waals surface area contributed by atoms with Gasteiger partial charge in [0.2, 0.25) is 0 Å². The Kier molecular flexibility index (Phi) is 8.70. The molecule has 1 aliphatic rings. The normalized spacial score (nSPS) is 19.3. The smallest absolute Gasteiger partial charge is 0.416 e. The van der Waals surface area contributed by atoms with E-state index in [0.29, 0.717) is 30.8 Å². The van der Waals surface area contributed by atoms with Crippen LogP contribution in [0.15, 0.2) is 54.7 Å². The Bertz CT molecular complexity index is 1250. The van der Waals surface area contributed by atoms with Gasteiger partial charge in [-0.25, -0.2) is 0 Å². The number of ether oxygens (including phenoxy) is 1. The molecule has 0 saturated carbocycles. The van der Waals surface area contributed by atoms with E-state index in [1.807, 2.05) is 24.3 Å². The van der Waals surface area contributed by atoms with E-state index in [2.05, 4.69) is 21.7 Å². The topological polar surface area (TPSA) is 65.8 Å². The Morgan fingerprint density at radius 1 is 1.14 bits per heavy atom. The Hall–Kier alpha value is -3.12. The molecule has 0 amide bonds. The monoisotopic (exact) mass is 512 g/mol. The molecule has 0 aliphatic carbocycles. The number of piperidine rings is 1. The first kappa shape index (κ1) is 26.9. The van der Waals surface area contributed by atoms with Crippen LogP contribution in [0.3, 0.4) is 0 Å². The second-order valence-electron chi connectivity index (χ2n) is 9.48. The van der Waals surface area contributed by atoms with Gasteiger partial charge in [0.05, 0.1) is 30.8 Å². The van der Waals surface area contributed by atoms with Crippen LogP contribution in [0.1, 0.15) is 42.1 Å². The molecule has 0 spiro atoms. The second kappa shape index (κ2) is 12.0. The number of likely N-dealkylation sites (tertiary alicyclic amines) is 1. The number of alkyl halides is 3. The number of pyridine rings is 1. The second-order valence-corrected chi connectivity index (χ2v) is 9.48. The van der Waals surface area contributed by atoms with Crippen LogP contribution < -0.4 is 4.74 Å². The quantitative estimate of drug-likeness (QED) is 0.434. The first-order valence-corrected chi connectivity index (χ1v) is 12.4. The van der Waals surface area contributed by atoms with Gasteiger partial charge in [-0.05, 0) is 91.7 Å². The van der Waals surface area contributed by atoms with E-state index < -0.39 is 17.8 Å². The van der Waals surface area contributed by atoms with Crippen molar-refractivity contribution in [2.75, 3.05) is 33.4 Å². The summed E-state index contributed by atoms with van der Waals surface area (Å²) in [5.74, 6) is 7.03. The van der Waals surface area contributed by atoms with E-state index in [-0.39, 0.29) is 18.4 Å². The third-order valence-electron chi connectivity index (χ3n) is 7.11. The Labute approximate surface area is 214 Å². The van der Waals surface area contributed by atoms with Crippen LogP contribution in [0.25, 0.3) is 10.9 Å². The predicted molar refractivity (Wildman–Crippen MR) is 136 cm³/mol. The molecule has 0 radical (unpaired) electrons. The summed E-state index contributed by atoms with van der Waals surface area (Å²) >= 11 is 0. The molecule has 3 atom stereocenters. The third-order valence-corrected chi connectivity index (χ3v) is 7.11. The molecule has 8 heteroatoms. The molecular formula is C29H31F3N2O3. The molecular weight excluding hydrogens is 481 g/mol. The lowest BCUT2D eigenvalue weighted by Gasteiger charge is -2.37. The zero-order chi connectivity index (χ0) is 26.4. The SMILES string of the molecule is COc1ccc2nccc(C(O)CC[C@@H]3CCN(CC#Cc4ccc(C(F)(F)F)cc4)C[C@@H]3CO)c2c1. The zero-order valence-electron chi connectivity index (χ0n) is 20.7. The van der Waals surface area contributed by atoms with Crippen molar-refractivity contribution in [2.24, 2.45) is 11.8 Å². The molecule has 3 aromatic rings. The van der Waals surface area contributed by atoms with Crippen LogP contribution in [0.4, 0.5) is 13.2 Å². The predicted octanol–water partition coefficient (Wildman–Crippen LogP) is 5.06. The first-order chi connectivity index (χ1) is 17.8. The average molecular weight is 513 g/mol. The summed E-state index contributed by atoms with van der Waals surface area (Å²) in [6.07, 6.45) is -1.06. The van der Waals surface area contributed by atoms with Crippen molar-refractivity contribution in [3.05, 3.63) is 71.4 Å². The number of aliphatic hydroxyl groups excluding tert-OH is 2. The van der Waals surface area contributed by atoms with Gasteiger partial charge in [0.1, 0.15) is 5.75 Å². The van der Waals surface area contributed by atoms with Gasteiger partial charge in [0, 0.05) is 30.3 Å². The maximum absolute atomic E-state index is 12.7.